The summed E-state index contributed by atoms with van der Waals surface area (Å²) in [6.45, 7) is 0. The molecule has 1 atom stereocenters. The first-order chi connectivity index (χ1) is 10.3. The number of aromatic nitrogens is 2. The van der Waals surface area contributed by atoms with Gasteiger partial charge in [0.2, 0.25) is 0 Å². The summed E-state index contributed by atoms with van der Waals surface area (Å²) in [5.74, 6) is 6.21. The molecule has 0 aliphatic rings. The Kier molecular flexibility index (Phi) is 3.77. The fraction of sp³-hybridized carbons (Fsp3) is 0.125. The largest absolute Gasteiger partial charge is 0.384 e. The van der Waals surface area contributed by atoms with Crippen molar-refractivity contribution in [3.8, 4) is 0 Å². The van der Waals surface area contributed by atoms with Crippen LogP contribution in [0.3, 0.4) is 0 Å². The minimum atomic E-state index is -0.0728. The van der Waals surface area contributed by atoms with E-state index in [9.17, 15) is 0 Å². The maximum atomic E-state index is 5.71. The van der Waals surface area contributed by atoms with Crippen molar-refractivity contribution >= 4 is 16.7 Å². The summed E-state index contributed by atoms with van der Waals surface area (Å²) in [6, 6.07) is 15.8. The van der Waals surface area contributed by atoms with Crippen LogP contribution in [0.1, 0.15) is 17.3 Å². The molecule has 3 aromatic rings. The van der Waals surface area contributed by atoms with E-state index in [-0.39, 0.29) is 6.04 Å². The Hall–Kier alpha value is -2.50. The van der Waals surface area contributed by atoms with Gasteiger partial charge in [0, 0.05) is 11.6 Å². The summed E-state index contributed by atoms with van der Waals surface area (Å²) in [5, 5.41) is 1.12. The number of nitrogen functional groups attached to an aromatic ring is 1. The molecule has 0 spiro atoms. The lowest BCUT2D eigenvalue weighted by Crippen LogP contribution is -2.30. The Balaban J connectivity index is 1.90. The van der Waals surface area contributed by atoms with Crippen LogP contribution in [0, 0.1) is 0 Å². The molecule has 0 aliphatic carbocycles. The van der Waals surface area contributed by atoms with Gasteiger partial charge in [-0.3, -0.25) is 16.3 Å². The Bertz CT molecular complexity index is 756. The number of fused-ring (bicyclic) bond motifs is 1. The molecular weight excluding hydrogens is 262 g/mol. The van der Waals surface area contributed by atoms with Crippen molar-refractivity contribution < 1.29 is 0 Å². The van der Waals surface area contributed by atoms with Gasteiger partial charge in [0.1, 0.15) is 5.82 Å². The number of nitrogens with two attached hydrogens (primary N) is 2. The summed E-state index contributed by atoms with van der Waals surface area (Å²) in [6.07, 6.45) is 2.40. The maximum absolute atomic E-state index is 5.71. The first-order valence-electron chi connectivity index (χ1n) is 6.78. The molecule has 0 radical (unpaired) electrons. The highest BCUT2D eigenvalue weighted by Crippen LogP contribution is 2.20. The van der Waals surface area contributed by atoms with Crippen molar-refractivity contribution in [2.75, 3.05) is 5.73 Å². The van der Waals surface area contributed by atoms with Crippen molar-refractivity contribution in [1.29, 1.82) is 0 Å². The van der Waals surface area contributed by atoms with Gasteiger partial charge in [-0.15, -0.1) is 0 Å². The van der Waals surface area contributed by atoms with Crippen LogP contribution in [-0.4, -0.2) is 9.97 Å². The first kappa shape index (κ1) is 13.5. The number of pyridine rings is 2. The van der Waals surface area contributed by atoms with Crippen LogP contribution < -0.4 is 17.0 Å². The molecule has 5 N–H and O–H groups in total. The second kappa shape index (κ2) is 5.87. The quantitative estimate of drug-likeness (QED) is 0.502. The van der Waals surface area contributed by atoms with Gasteiger partial charge >= 0.3 is 0 Å². The van der Waals surface area contributed by atoms with Gasteiger partial charge in [-0.05, 0) is 36.2 Å². The molecule has 3 rings (SSSR count). The summed E-state index contributed by atoms with van der Waals surface area (Å²) in [4.78, 5) is 8.67. The van der Waals surface area contributed by atoms with Gasteiger partial charge in [-0.25, -0.2) is 4.98 Å². The van der Waals surface area contributed by atoms with E-state index in [2.05, 4.69) is 21.5 Å². The fourth-order valence-electron chi connectivity index (χ4n) is 2.38. The predicted octanol–water partition coefficient (Wildman–Crippen LogP) is 1.96. The van der Waals surface area contributed by atoms with E-state index < -0.39 is 0 Å². The number of anilines is 1. The average molecular weight is 279 g/mol. The highest BCUT2D eigenvalue weighted by Gasteiger charge is 2.13. The van der Waals surface area contributed by atoms with Gasteiger partial charge in [0.15, 0.2) is 0 Å². The van der Waals surface area contributed by atoms with Crippen molar-refractivity contribution in [3.63, 3.8) is 0 Å². The summed E-state index contributed by atoms with van der Waals surface area (Å²) < 4.78 is 0. The predicted molar refractivity (Wildman–Crippen MR) is 84.2 cm³/mol. The highest BCUT2D eigenvalue weighted by atomic mass is 15.2. The molecule has 106 valence electrons. The average Bonchev–Trinajstić information content (AvgIpc) is 2.52. The van der Waals surface area contributed by atoms with Crippen LogP contribution in [0.25, 0.3) is 10.9 Å². The van der Waals surface area contributed by atoms with Crippen LogP contribution in [0.5, 0.6) is 0 Å². The topological polar surface area (TPSA) is 89.8 Å². The number of hydrogen-bond donors (Lipinski definition) is 3. The zero-order chi connectivity index (χ0) is 14.7. The fourth-order valence-corrected chi connectivity index (χ4v) is 2.38. The third-order valence-electron chi connectivity index (χ3n) is 3.46. The van der Waals surface area contributed by atoms with E-state index in [0.29, 0.717) is 12.2 Å². The zero-order valence-electron chi connectivity index (χ0n) is 11.5. The lowest BCUT2D eigenvalue weighted by atomic mass is 10.0. The van der Waals surface area contributed by atoms with Crippen molar-refractivity contribution in [1.82, 2.24) is 15.4 Å². The van der Waals surface area contributed by atoms with Gasteiger partial charge in [0.05, 0.1) is 17.3 Å². The monoisotopic (exact) mass is 279 g/mol. The van der Waals surface area contributed by atoms with Crippen molar-refractivity contribution in [2.24, 2.45) is 5.84 Å². The van der Waals surface area contributed by atoms with E-state index in [1.807, 2.05) is 42.5 Å². The number of hydrogen-bond acceptors (Lipinski definition) is 5. The summed E-state index contributed by atoms with van der Waals surface area (Å²) in [7, 11) is 0. The molecule has 0 fully saturated rings. The third-order valence-corrected chi connectivity index (χ3v) is 3.46. The Morgan fingerprint density at radius 1 is 1.10 bits per heavy atom. The number of nitrogens with one attached hydrogen (secondary N) is 1. The first-order valence-corrected chi connectivity index (χ1v) is 6.78. The zero-order valence-corrected chi connectivity index (χ0v) is 11.5. The highest BCUT2D eigenvalue weighted by molar-refractivity contribution is 5.78. The van der Waals surface area contributed by atoms with Crippen molar-refractivity contribution in [2.45, 2.75) is 12.5 Å². The Morgan fingerprint density at radius 2 is 1.95 bits per heavy atom. The lowest BCUT2D eigenvalue weighted by Gasteiger charge is -2.16. The maximum Gasteiger partial charge on any atom is 0.123 e. The van der Waals surface area contributed by atoms with Gasteiger partial charge < -0.3 is 5.73 Å². The molecule has 0 amide bonds. The molecule has 0 saturated carbocycles. The second-order valence-corrected chi connectivity index (χ2v) is 4.94. The van der Waals surface area contributed by atoms with Crippen LogP contribution >= 0.6 is 0 Å². The van der Waals surface area contributed by atoms with E-state index in [4.69, 9.17) is 11.6 Å². The van der Waals surface area contributed by atoms with Crippen LogP contribution in [0.2, 0.25) is 0 Å². The SMILES string of the molecule is NNC(Cc1ccnc(N)c1)c1ccc2ccccc2n1. The molecular formula is C16H17N5. The second-order valence-electron chi connectivity index (χ2n) is 4.94. The Morgan fingerprint density at radius 3 is 2.76 bits per heavy atom. The van der Waals surface area contributed by atoms with E-state index in [0.717, 1.165) is 22.2 Å². The third kappa shape index (κ3) is 2.99. The molecule has 21 heavy (non-hydrogen) atoms. The number of benzene rings is 1. The molecule has 0 saturated heterocycles. The molecule has 1 unspecified atom stereocenters. The normalized spacial score (nSPS) is 12.4. The molecule has 2 aromatic heterocycles. The molecule has 0 bridgehead atoms. The summed E-state index contributed by atoms with van der Waals surface area (Å²) >= 11 is 0. The Labute approximate surface area is 123 Å². The molecule has 2 heterocycles. The smallest absolute Gasteiger partial charge is 0.123 e. The minimum Gasteiger partial charge on any atom is -0.384 e. The van der Waals surface area contributed by atoms with Crippen molar-refractivity contribution in [3.05, 3.63) is 66.0 Å². The van der Waals surface area contributed by atoms with E-state index >= 15 is 0 Å². The number of hydrazine groups is 1. The molecule has 0 aliphatic heterocycles. The van der Waals surface area contributed by atoms with Gasteiger partial charge in [-0.1, -0.05) is 24.3 Å². The number of rotatable bonds is 4. The van der Waals surface area contributed by atoms with Crippen LogP contribution in [0.4, 0.5) is 5.82 Å². The van der Waals surface area contributed by atoms with E-state index in [1.165, 1.54) is 0 Å². The van der Waals surface area contributed by atoms with Gasteiger partial charge in [-0.2, -0.15) is 0 Å². The molecule has 5 heteroatoms. The van der Waals surface area contributed by atoms with Gasteiger partial charge in [0.25, 0.3) is 0 Å². The number of nitrogens with zero attached hydrogens (tertiary/aromatic N) is 2. The standard InChI is InChI=1S/C16H17N5/c17-16-10-11(7-8-19-16)9-15(21-18)14-6-5-12-3-1-2-4-13(12)20-14/h1-8,10,15,21H,9,18H2,(H2,17,19). The molecule has 1 aromatic carbocycles. The number of para-hydroxylation sites is 1. The van der Waals surface area contributed by atoms with Crippen LogP contribution in [-0.2, 0) is 6.42 Å². The van der Waals surface area contributed by atoms with Crippen LogP contribution in [0.15, 0.2) is 54.7 Å². The summed E-state index contributed by atoms with van der Waals surface area (Å²) in [5.41, 5.74) is 11.5. The minimum absolute atomic E-state index is 0.0728. The van der Waals surface area contributed by atoms with E-state index in [1.54, 1.807) is 6.20 Å². The lowest BCUT2D eigenvalue weighted by molar-refractivity contribution is 0.540. The molecule has 5 nitrogen and oxygen atoms in total.